The van der Waals surface area contributed by atoms with Crippen molar-refractivity contribution in [2.45, 2.75) is 21.1 Å². The summed E-state index contributed by atoms with van der Waals surface area (Å²) in [5.74, 6) is -1.94. The minimum atomic E-state index is -4.33. The van der Waals surface area contributed by atoms with E-state index in [1.807, 2.05) is 0 Å². The van der Waals surface area contributed by atoms with Gasteiger partial charge in [-0.1, -0.05) is 54.1 Å². The number of hydrogen-bond acceptors (Lipinski definition) is 7. The third-order valence-electron chi connectivity index (χ3n) is 6.16. The van der Waals surface area contributed by atoms with Crippen LogP contribution in [-0.2, 0) is 30.2 Å². The van der Waals surface area contributed by atoms with E-state index in [1.165, 1.54) is 29.5 Å². The molecule has 5 rings (SSSR count). The van der Waals surface area contributed by atoms with E-state index in [9.17, 15) is 21.6 Å². The van der Waals surface area contributed by atoms with Crippen LogP contribution < -0.4 is 10.0 Å². The molecule has 1 aliphatic rings. The van der Waals surface area contributed by atoms with Crippen LogP contribution in [0.1, 0.15) is 12.0 Å². The van der Waals surface area contributed by atoms with Crippen molar-refractivity contribution in [3.05, 3.63) is 82.4 Å². The van der Waals surface area contributed by atoms with Crippen LogP contribution in [0.15, 0.2) is 75.8 Å². The number of carbonyl (C=O) groups excluding carboxylic acids is 1. The fraction of sp³-hybridized carbons (Fsp3) is 0.160. The quantitative estimate of drug-likeness (QED) is 0.305. The molecule has 13 heteroatoms. The van der Waals surface area contributed by atoms with Crippen LogP contribution in [-0.4, -0.2) is 35.5 Å². The zero-order valence-electron chi connectivity index (χ0n) is 19.7. The smallest absolute Gasteiger partial charge is 0.251 e. The number of thiophene rings is 2. The molecule has 4 aromatic rings. The van der Waals surface area contributed by atoms with Crippen LogP contribution in [0, 0.1) is 5.82 Å². The van der Waals surface area contributed by atoms with Gasteiger partial charge in [-0.25, -0.2) is 21.2 Å². The molecule has 0 bridgehead atoms. The molecule has 0 aliphatic carbocycles. The Hall–Kier alpha value is -2.61. The highest BCUT2D eigenvalue weighted by molar-refractivity contribution is 7.91. The first-order valence-corrected chi connectivity index (χ1v) is 16.6. The van der Waals surface area contributed by atoms with Gasteiger partial charge in [-0.05, 0) is 36.2 Å². The SMILES string of the molecule is CS(=O)(=O)c1c(-c2ccccc2)ccc([C@@]2(NS(=O)(=O)c3ccc(-c4ccc(Cl)s4)s3)CCNC2=O)c1F. The third-order valence-corrected chi connectivity index (χ3v) is 11.8. The van der Waals surface area contributed by atoms with Gasteiger partial charge in [0.05, 0.1) is 4.34 Å². The van der Waals surface area contributed by atoms with Crippen molar-refractivity contribution in [1.82, 2.24) is 10.0 Å². The van der Waals surface area contributed by atoms with Crippen molar-refractivity contribution in [1.29, 1.82) is 0 Å². The fourth-order valence-corrected chi connectivity index (χ4v) is 9.29. The predicted octanol–water partition coefficient (Wildman–Crippen LogP) is 5.03. The minimum Gasteiger partial charge on any atom is -0.354 e. The van der Waals surface area contributed by atoms with Crippen molar-refractivity contribution in [3.8, 4) is 20.9 Å². The van der Waals surface area contributed by atoms with E-state index in [4.69, 9.17) is 11.6 Å². The molecule has 1 saturated heterocycles. The van der Waals surface area contributed by atoms with Crippen LogP contribution in [0.2, 0.25) is 4.34 Å². The molecule has 1 aliphatic heterocycles. The topological polar surface area (TPSA) is 109 Å². The summed E-state index contributed by atoms with van der Waals surface area (Å²) >= 11 is 8.27. The molecule has 7 nitrogen and oxygen atoms in total. The molecule has 2 aromatic heterocycles. The first-order valence-electron chi connectivity index (χ1n) is 11.2. The molecule has 3 heterocycles. The Labute approximate surface area is 232 Å². The van der Waals surface area contributed by atoms with Gasteiger partial charge in [0.1, 0.15) is 20.5 Å². The molecule has 0 spiro atoms. The summed E-state index contributed by atoms with van der Waals surface area (Å²) in [6.07, 6.45) is 0.756. The highest BCUT2D eigenvalue weighted by Gasteiger charge is 2.50. The van der Waals surface area contributed by atoms with Gasteiger partial charge < -0.3 is 5.32 Å². The van der Waals surface area contributed by atoms with Crippen LogP contribution in [0.25, 0.3) is 20.9 Å². The van der Waals surface area contributed by atoms with E-state index in [0.717, 1.165) is 22.5 Å². The second-order valence-corrected chi connectivity index (χ2v) is 15.3. The Morgan fingerprint density at radius 3 is 2.24 bits per heavy atom. The lowest BCUT2D eigenvalue weighted by Crippen LogP contribution is -2.51. The molecule has 1 fully saturated rings. The molecule has 1 amide bonds. The Kier molecular flexibility index (Phi) is 6.99. The minimum absolute atomic E-state index is 0.0683. The number of amides is 1. The summed E-state index contributed by atoms with van der Waals surface area (Å²) < 4.78 is 71.6. The van der Waals surface area contributed by atoms with Gasteiger partial charge in [-0.3, -0.25) is 4.79 Å². The van der Waals surface area contributed by atoms with E-state index < -0.39 is 42.0 Å². The summed E-state index contributed by atoms with van der Waals surface area (Å²) in [5.41, 5.74) is -1.83. The van der Waals surface area contributed by atoms with Crippen molar-refractivity contribution >= 4 is 60.0 Å². The van der Waals surface area contributed by atoms with Gasteiger partial charge in [0, 0.05) is 33.7 Å². The number of rotatable bonds is 7. The largest absolute Gasteiger partial charge is 0.354 e. The maximum Gasteiger partial charge on any atom is 0.251 e. The number of nitrogens with one attached hydrogen (secondary N) is 2. The highest BCUT2D eigenvalue weighted by Crippen LogP contribution is 2.41. The van der Waals surface area contributed by atoms with Crippen LogP contribution >= 0.6 is 34.3 Å². The zero-order chi connectivity index (χ0) is 27.3. The summed E-state index contributed by atoms with van der Waals surface area (Å²) in [7, 11) is -8.45. The van der Waals surface area contributed by atoms with Crippen molar-refractivity contribution in [2.24, 2.45) is 0 Å². The monoisotopic (exact) mass is 610 g/mol. The third kappa shape index (κ3) is 4.80. The Morgan fingerprint density at radius 2 is 1.63 bits per heavy atom. The molecule has 2 aromatic carbocycles. The maximum absolute atomic E-state index is 16.2. The molecule has 0 radical (unpaired) electrons. The number of carbonyl (C=O) groups is 1. The van der Waals surface area contributed by atoms with E-state index >= 15 is 4.39 Å². The molecule has 0 unspecified atom stereocenters. The molecular formula is C25H20ClFN2O5S4. The fourth-order valence-electron chi connectivity index (χ4n) is 4.45. The van der Waals surface area contributed by atoms with Gasteiger partial charge in [0.25, 0.3) is 10.0 Å². The van der Waals surface area contributed by atoms with Crippen molar-refractivity contribution in [3.63, 3.8) is 0 Å². The van der Waals surface area contributed by atoms with Crippen molar-refractivity contribution < 1.29 is 26.0 Å². The second kappa shape index (κ2) is 9.85. The molecule has 2 N–H and O–H groups in total. The number of sulfonamides is 1. The van der Waals surface area contributed by atoms with Gasteiger partial charge in [-0.15, -0.1) is 22.7 Å². The second-order valence-electron chi connectivity index (χ2n) is 8.68. The summed E-state index contributed by atoms with van der Waals surface area (Å²) in [6, 6.07) is 17.6. The average Bonchev–Trinajstić information content (AvgIpc) is 3.59. The number of hydrogen-bond donors (Lipinski definition) is 2. The average molecular weight is 611 g/mol. The van der Waals surface area contributed by atoms with Crippen LogP contribution in [0.3, 0.4) is 0 Å². The lowest BCUT2D eigenvalue weighted by molar-refractivity contribution is -0.124. The van der Waals surface area contributed by atoms with E-state index in [0.29, 0.717) is 14.8 Å². The standard InChI is InChI=1S/C25H20ClFN2O5S4/c1-37(31,32)23-16(15-5-3-2-4-6-15)7-8-17(22(23)27)25(13-14-28-24(25)30)29-38(33,34)21-12-10-19(36-21)18-9-11-20(26)35-18/h2-12,29H,13-14H2,1H3,(H,28,30)/t25-/m0/s1. The molecule has 198 valence electrons. The number of sulfone groups is 1. The summed E-state index contributed by atoms with van der Waals surface area (Å²) in [6.45, 7) is 0.0683. The van der Waals surface area contributed by atoms with E-state index in [2.05, 4.69) is 10.0 Å². The Morgan fingerprint density at radius 1 is 0.947 bits per heavy atom. The molecule has 38 heavy (non-hydrogen) atoms. The Balaban J connectivity index is 1.63. The predicted molar refractivity (Wildman–Crippen MR) is 147 cm³/mol. The van der Waals surface area contributed by atoms with Gasteiger partial charge in [0.15, 0.2) is 9.84 Å². The summed E-state index contributed by atoms with van der Waals surface area (Å²) in [4.78, 5) is 14.0. The lowest BCUT2D eigenvalue weighted by Gasteiger charge is -2.29. The van der Waals surface area contributed by atoms with Crippen LogP contribution in [0.5, 0.6) is 0 Å². The van der Waals surface area contributed by atoms with E-state index in [-0.39, 0.29) is 28.3 Å². The molecule has 0 saturated carbocycles. The normalized spacial score (nSPS) is 18.0. The first kappa shape index (κ1) is 27.0. The molecular weight excluding hydrogens is 591 g/mol. The van der Waals surface area contributed by atoms with Gasteiger partial charge in [-0.2, -0.15) is 4.72 Å². The highest BCUT2D eigenvalue weighted by atomic mass is 35.5. The maximum atomic E-state index is 16.2. The van der Waals surface area contributed by atoms with E-state index in [1.54, 1.807) is 48.5 Å². The van der Waals surface area contributed by atoms with Gasteiger partial charge in [0.2, 0.25) is 5.91 Å². The zero-order valence-corrected chi connectivity index (χ0v) is 23.7. The number of halogens is 2. The lowest BCUT2D eigenvalue weighted by atomic mass is 9.87. The molecule has 1 atom stereocenters. The summed E-state index contributed by atoms with van der Waals surface area (Å²) in [5, 5.41) is 2.56. The van der Waals surface area contributed by atoms with Crippen molar-refractivity contribution in [2.75, 3.05) is 12.8 Å². The Bertz CT molecular complexity index is 1770. The number of benzene rings is 2. The van der Waals surface area contributed by atoms with Gasteiger partial charge >= 0.3 is 0 Å². The van der Waals surface area contributed by atoms with Crippen LogP contribution in [0.4, 0.5) is 4.39 Å². The first-order chi connectivity index (χ1) is 17.9.